The van der Waals surface area contributed by atoms with Crippen molar-refractivity contribution in [1.29, 1.82) is 0 Å². The molecule has 1 saturated heterocycles. The molecule has 0 unspecified atom stereocenters. The van der Waals surface area contributed by atoms with Crippen LogP contribution in [0, 0.1) is 17.6 Å². The van der Waals surface area contributed by atoms with Gasteiger partial charge in [-0.25, -0.2) is 18.4 Å². The predicted molar refractivity (Wildman–Crippen MR) is 191 cm³/mol. The molecular formula is C39H48F2N6O7. The highest BCUT2D eigenvalue weighted by molar-refractivity contribution is 5.98. The minimum Gasteiger partial charge on any atom is -0.444 e. The smallest absolute Gasteiger partial charge is 0.410 e. The van der Waals surface area contributed by atoms with Crippen LogP contribution in [0.2, 0.25) is 0 Å². The molecule has 0 bridgehead atoms. The normalized spacial score (nSPS) is 26.3. The Bertz CT molecular complexity index is 1800. The number of nitrogens with zero attached hydrogens (tertiary/aromatic N) is 3. The summed E-state index contributed by atoms with van der Waals surface area (Å²) >= 11 is 0. The van der Waals surface area contributed by atoms with Crippen molar-refractivity contribution >= 4 is 29.9 Å². The van der Waals surface area contributed by atoms with Gasteiger partial charge in [0, 0.05) is 24.4 Å². The molecule has 2 aromatic rings. The first-order valence-corrected chi connectivity index (χ1v) is 18.6. The predicted octanol–water partition coefficient (Wildman–Crippen LogP) is 4.95. The molecule has 2 fully saturated rings. The van der Waals surface area contributed by atoms with E-state index in [1.807, 2.05) is 12.2 Å². The minimum atomic E-state index is -1.34. The first-order valence-electron chi connectivity index (χ1n) is 18.6. The Labute approximate surface area is 313 Å². The lowest BCUT2D eigenvalue weighted by molar-refractivity contribution is -0.141. The SMILES string of the molecule is C[C@@H](NC(=O)[C@@]12C[C@H]1C=CCCCCC[C@H](NC(=O)OC(C)(C)C)C(=O)N1C[C@H](OC(=O)N3Cc4cccc(F)c4C3)C[C@H]1C(=O)N2)c1ccc(F)cn1. The summed E-state index contributed by atoms with van der Waals surface area (Å²) in [6.07, 6.45) is 5.90. The lowest BCUT2D eigenvalue weighted by Crippen LogP contribution is -2.58. The van der Waals surface area contributed by atoms with Gasteiger partial charge in [-0.1, -0.05) is 37.1 Å². The number of hydrogen-bond donors (Lipinski definition) is 3. The zero-order valence-electron chi connectivity index (χ0n) is 31.0. The summed E-state index contributed by atoms with van der Waals surface area (Å²) in [5.74, 6) is -2.91. The van der Waals surface area contributed by atoms with E-state index < -0.39 is 76.9 Å². The maximum Gasteiger partial charge on any atom is 0.410 e. The number of ether oxygens (including phenoxy) is 2. The molecule has 1 saturated carbocycles. The first kappa shape index (κ1) is 38.6. The van der Waals surface area contributed by atoms with Crippen molar-refractivity contribution in [3.8, 4) is 0 Å². The number of pyridine rings is 1. The number of halogens is 2. The number of allylic oxidation sites excluding steroid dienone is 1. The largest absolute Gasteiger partial charge is 0.444 e. The third-order valence-corrected chi connectivity index (χ3v) is 10.3. The summed E-state index contributed by atoms with van der Waals surface area (Å²) in [7, 11) is 0. The van der Waals surface area contributed by atoms with Crippen molar-refractivity contribution in [3.05, 3.63) is 77.1 Å². The van der Waals surface area contributed by atoms with E-state index >= 15 is 0 Å². The number of nitrogens with one attached hydrogen (secondary N) is 3. The van der Waals surface area contributed by atoms with Gasteiger partial charge in [-0.3, -0.25) is 24.3 Å². The Balaban J connectivity index is 1.25. The fraction of sp³-hybridized carbons (Fsp3) is 0.538. The highest BCUT2D eigenvalue weighted by atomic mass is 19.1. The van der Waals surface area contributed by atoms with Gasteiger partial charge in [-0.05, 0) is 77.1 Å². The number of hydrogen-bond acceptors (Lipinski definition) is 8. The van der Waals surface area contributed by atoms with Gasteiger partial charge < -0.3 is 30.3 Å². The van der Waals surface area contributed by atoms with Crippen molar-refractivity contribution < 1.29 is 42.2 Å². The number of benzene rings is 1. The second-order valence-electron chi connectivity index (χ2n) is 15.6. The molecule has 6 atom stereocenters. The number of carbonyl (C=O) groups excluding carboxylic acids is 5. The summed E-state index contributed by atoms with van der Waals surface area (Å²) in [6, 6.07) is 4.55. The Hall–Kier alpha value is -5.08. The number of rotatable bonds is 5. The molecule has 15 heteroatoms. The van der Waals surface area contributed by atoms with Gasteiger partial charge in [0.2, 0.25) is 17.7 Å². The molecule has 54 heavy (non-hydrogen) atoms. The fourth-order valence-electron chi connectivity index (χ4n) is 7.39. The summed E-state index contributed by atoms with van der Waals surface area (Å²) in [6.45, 7) is 6.84. The Morgan fingerprint density at radius 1 is 1.07 bits per heavy atom. The molecule has 290 valence electrons. The van der Waals surface area contributed by atoms with E-state index in [-0.39, 0.29) is 38.4 Å². The number of carbonyl (C=O) groups is 5. The topological polar surface area (TPSA) is 159 Å². The van der Waals surface area contributed by atoms with Gasteiger partial charge in [0.1, 0.15) is 41.0 Å². The third kappa shape index (κ3) is 8.82. The molecule has 0 spiro atoms. The molecule has 4 heterocycles. The van der Waals surface area contributed by atoms with Crippen molar-refractivity contribution in [1.82, 2.24) is 30.7 Å². The second-order valence-corrected chi connectivity index (χ2v) is 15.6. The molecule has 0 radical (unpaired) electrons. The lowest BCUT2D eigenvalue weighted by Gasteiger charge is -2.30. The maximum absolute atomic E-state index is 14.4. The second kappa shape index (κ2) is 15.7. The van der Waals surface area contributed by atoms with Gasteiger partial charge in [-0.2, -0.15) is 0 Å². The van der Waals surface area contributed by atoms with Crippen LogP contribution in [-0.2, 0) is 36.9 Å². The van der Waals surface area contributed by atoms with E-state index in [0.717, 1.165) is 19.0 Å². The van der Waals surface area contributed by atoms with Gasteiger partial charge >= 0.3 is 12.2 Å². The van der Waals surface area contributed by atoms with E-state index in [1.165, 1.54) is 28.0 Å². The Kier molecular flexibility index (Phi) is 11.2. The van der Waals surface area contributed by atoms with Crippen LogP contribution in [0.15, 0.2) is 48.7 Å². The summed E-state index contributed by atoms with van der Waals surface area (Å²) in [4.78, 5) is 75.7. The first-order chi connectivity index (χ1) is 25.6. The van der Waals surface area contributed by atoms with E-state index in [4.69, 9.17) is 9.47 Å². The lowest BCUT2D eigenvalue weighted by atomic mass is 10.0. The number of aromatic nitrogens is 1. The van der Waals surface area contributed by atoms with Crippen molar-refractivity contribution in [2.24, 2.45) is 5.92 Å². The fourth-order valence-corrected chi connectivity index (χ4v) is 7.39. The van der Waals surface area contributed by atoms with E-state index in [1.54, 1.807) is 39.8 Å². The van der Waals surface area contributed by atoms with Gasteiger partial charge in [0.15, 0.2) is 0 Å². The zero-order chi connectivity index (χ0) is 38.8. The van der Waals surface area contributed by atoms with Crippen LogP contribution in [-0.4, -0.2) is 80.6 Å². The Morgan fingerprint density at radius 3 is 2.59 bits per heavy atom. The summed E-state index contributed by atoms with van der Waals surface area (Å²) in [5.41, 5.74) is -0.669. The quantitative estimate of drug-likeness (QED) is 0.363. The van der Waals surface area contributed by atoms with Crippen LogP contribution in [0.1, 0.15) is 95.5 Å². The molecule has 6 rings (SSSR count). The van der Waals surface area contributed by atoms with Gasteiger partial charge in [0.05, 0.1) is 31.0 Å². The molecule has 4 aliphatic rings. The highest BCUT2D eigenvalue weighted by Crippen LogP contribution is 2.46. The molecular weight excluding hydrogens is 702 g/mol. The van der Waals surface area contributed by atoms with Crippen LogP contribution < -0.4 is 16.0 Å². The highest BCUT2D eigenvalue weighted by Gasteiger charge is 2.61. The van der Waals surface area contributed by atoms with Crippen molar-refractivity contribution in [3.63, 3.8) is 0 Å². The molecule has 3 N–H and O–H groups in total. The molecule has 13 nitrogen and oxygen atoms in total. The average molecular weight is 751 g/mol. The van der Waals surface area contributed by atoms with Crippen LogP contribution in [0.4, 0.5) is 18.4 Å². The van der Waals surface area contributed by atoms with Gasteiger partial charge in [-0.15, -0.1) is 0 Å². The zero-order valence-corrected chi connectivity index (χ0v) is 31.0. The average Bonchev–Trinajstić information content (AvgIpc) is 3.40. The Morgan fingerprint density at radius 2 is 1.87 bits per heavy atom. The standard InChI is InChI=1S/C39H48F2N6O7/c1-23(30-16-15-26(40)19-42-30)43-35(50)39-18-25(39)12-8-6-5-7-9-14-31(44-36(51)54-38(2,3)4)34(49)47-21-27(17-32(47)33(48)45-39)53-37(52)46-20-24-11-10-13-29(41)28(24)22-46/h8,10-13,15-16,19,23,25,27,31-32H,5-7,9,14,17-18,20-22H2,1-4H3,(H,43,50)(H,44,51)(H,45,48)/t23-,25-,27-,31+,32+,39-/m1/s1. The monoisotopic (exact) mass is 750 g/mol. The van der Waals surface area contributed by atoms with Crippen LogP contribution in [0.5, 0.6) is 0 Å². The van der Waals surface area contributed by atoms with Crippen molar-refractivity contribution in [2.75, 3.05) is 6.54 Å². The van der Waals surface area contributed by atoms with Crippen LogP contribution in [0.3, 0.4) is 0 Å². The molecule has 5 amide bonds. The molecule has 3 aliphatic heterocycles. The van der Waals surface area contributed by atoms with E-state index in [2.05, 4.69) is 20.9 Å². The number of fused-ring (bicyclic) bond motifs is 3. The molecule has 1 aromatic carbocycles. The van der Waals surface area contributed by atoms with E-state index in [0.29, 0.717) is 36.1 Å². The summed E-state index contributed by atoms with van der Waals surface area (Å²) < 4.78 is 39.3. The minimum absolute atomic E-state index is 0.0143. The van der Waals surface area contributed by atoms with Crippen molar-refractivity contribution in [2.45, 2.75) is 121 Å². The number of amides is 5. The third-order valence-electron chi connectivity index (χ3n) is 10.3. The van der Waals surface area contributed by atoms with Crippen LogP contribution >= 0.6 is 0 Å². The number of alkyl carbamates (subject to hydrolysis) is 1. The van der Waals surface area contributed by atoms with Gasteiger partial charge in [0.25, 0.3) is 0 Å². The van der Waals surface area contributed by atoms with E-state index in [9.17, 15) is 32.8 Å². The molecule has 1 aliphatic carbocycles. The summed E-state index contributed by atoms with van der Waals surface area (Å²) in [5, 5.41) is 8.56. The molecule has 1 aromatic heterocycles. The van der Waals surface area contributed by atoms with Crippen LogP contribution in [0.25, 0.3) is 0 Å². The maximum atomic E-state index is 14.4.